The number of aromatic hydroxyl groups is 1. The molecule has 4 heteroatoms. The van der Waals surface area contributed by atoms with Gasteiger partial charge in [0.1, 0.15) is 11.3 Å². The van der Waals surface area contributed by atoms with Gasteiger partial charge in [0.15, 0.2) is 0 Å². The van der Waals surface area contributed by atoms with Gasteiger partial charge in [-0.1, -0.05) is 111 Å². The minimum absolute atomic E-state index is 0.0564. The first-order valence-electron chi connectivity index (χ1n) is 18.0. The zero-order chi connectivity index (χ0) is 34.3. The molecule has 4 aromatic carbocycles. The summed E-state index contributed by atoms with van der Waals surface area (Å²) in [6.07, 6.45) is 7.77. The SMILES string of the molecule is CCc1cc(CC)c(S(OC(=O)c2ccccc2O)(c2c(CC)cc(CC)cc2CC)c2c(CC)cc(CC)cc2CC)c(CC)c1. The van der Waals surface area contributed by atoms with E-state index in [4.69, 9.17) is 4.18 Å². The zero-order valence-electron chi connectivity index (χ0n) is 30.3. The molecule has 47 heavy (non-hydrogen) atoms. The summed E-state index contributed by atoms with van der Waals surface area (Å²) in [7, 11) is -2.69. The first-order chi connectivity index (χ1) is 22.7. The number of benzene rings is 4. The van der Waals surface area contributed by atoms with Crippen LogP contribution in [0.1, 0.15) is 123 Å². The highest BCUT2D eigenvalue weighted by Crippen LogP contribution is 2.74. The molecule has 0 heterocycles. The molecule has 0 fully saturated rings. The van der Waals surface area contributed by atoms with E-state index in [1.54, 1.807) is 24.3 Å². The van der Waals surface area contributed by atoms with Gasteiger partial charge in [0.05, 0.1) is 0 Å². The molecule has 0 amide bonds. The monoisotopic (exact) mass is 652 g/mol. The van der Waals surface area contributed by atoms with Gasteiger partial charge in [-0.2, -0.15) is 0 Å². The Morgan fingerprint density at radius 3 is 1.06 bits per heavy atom. The molecule has 0 radical (unpaired) electrons. The molecule has 4 aromatic rings. The van der Waals surface area contributed by atoms with E-state index < -0.39 is 16.3 Å². The second-order valence-electron chi connectivity index (χ2n) is 12.4. The van der Waals surface area contributed by atoms with Crippen LogP contribution in [0.2, 0.25) is 0 Å². The number of carbonyl (C=O) groups is 1. The summed E-state index contributed by atoms with van der Waals surface area (Å²) >= 11 is 0. The number of para-hydroxylation sites is 1. The molecule has 0 aromatic heterocycles. The Labute approximate surface area is 286 Å². The van der Waals surface area contributed by atoms with Crippen LogP contribution >= 0.6 is 10.3 Å². The maximum absolute atomic E-state index is 14.8. The lowest BCUT2D eigenvalue weighted by molar-refractivity contribution is 0.0754. The van der Waals surface area contributed by atoms with Gasteiger partial charge < -0.3 is 9.29 Å². The van der Waals surface area contributed by atoms with Crippen molar-refractivity contribution < 1.29 is 14.1 Å². The third-order valence-corrected chi connectivity index (χ3v) is 13.3. The molecule has 0 atom stereocenters. The standard InChI is InChI=1S/C43H56O3S/c1-10-29-23-32(13-4)40(33(14-5)24-29)47(46-43(45)38-21-19-20-22-39(38)44,41-34(15-6)25-30(11-2)26-35(41)16-7)42-36(17-8)27-31(12-3)28-37(42)18-9/h19-28,44H,10-18H2,1-9H3. The van der Waals surface area contributed by atoms with Crippen molar-refractivity contribution in [3.63, 3.8) is 0 Å². The Bertz CT molecular complexity index is 1490. The van der Waals surface area contributed by atoms with Crippen molar-refractivity contribution in [3.8, 4) is 5.75 Å². The first kappa shape index (κ1) is 36.3. The van der Waals surface area contributed by atoms with Crippen LogP contribution in [0.25, 0.3) is 0 Å². The van der Waals surface area contributed by atoms with Crippen molar-refractivity contribution in [2.24, 2.45) is 0 Å². The first-order valence-corrected chi connectivity index (χ1v) is 19.6. The molecular formula is C43H56O3S. The Morgan fingerprint density at radius 2 is 0.809 bits per heavy atom. The lowest BCUT2D eigenvalue weighted by atomic mass is 10.00. The maximum atomic E-state index is 14.8. The molecule has 0 saturated carbocycles. The van der Waals surface area contributed by atoms with E-state index in [-0.39, 0.29) is 11.3 Å². The van der Waals surface area contributed by atoms with Gasteiger partial charge in [-0.3, -0.25) is 0 Å². The normalized spacial score (nSPS) is 11.9. The van der Waals surface area contributed by atoms with Crippen LogP contribution in [0.4, 0.5) is 0 Å². The lowest BCUT2D eigenvalue weighted by Crippen LogP contribution is -2.22. The number of hydrogen-bond donors (Lipinski definition) is 1. The van der Waals surface area contributed by atoms with E-state index in [0.29, 0.717) is 0 Å². The number of hydrogen-bond acceptors (Lipinski definition) is 3. The van der Waals surface area contributed by atoms with Crippen LogP contribution in [-0.4, -0.2) is 11.1 Å². The minimum atomic E-state index is -2.69. The summed E-state index contributed by atoms with van der Waals surface area (Å²) in [4.78, 5) is 18.3. The number of phenolic OH excluding ortho intramolecular Hbond substituents is 1. The van der Waals surface area contributed by atoms with Crippen LogP contribution < -0.4 is 0 Å². The number of aryl methyl sites for hydroxylation is 9. The topological polar surface area (TPSA) is 46.5 Å². The van der Waals surface area contributed by atoms with Gasteiger partial charge in [-0.15, -0.1) is 0 Å². The highest BCUT2D eigenvalue weighted by molar-refractivity contribution is 8.30. The molecule has 0 aliphatic heterocycles. The number of carbonyl (C=O) groups excluding carboxylic acids is 1. The van der Waals surface area contributed by atoms with Gasteiger partial charge >= 0.3 is 5.97 Å². The van der Waals surface area contributed by atoms with Gasteiger partial charge in [-0.05, 0) is 130 Å². The summed E-state index contributed by atoms with van der Waals surface area (Å²) in [6.45, 7) is 20.0. The van der Waals surface area contributed by atoms with E-state index in [0.717, 1.165) is 57.8 Å². The summed E-state index contributed by atoms with van der Waals surface area (Å²) < 4.78 is 7.42. The quantitative estimate of drug-likeness (QED) is 0.147. The number of phenols is 1. The third kappa shape index (κ3) is 6.90. The molecule has 1 N–H and O–H groups in total. The van der Waals surface area contributed by atoms with Crippen LogP contribution in [0.3, 0.4) is 0 Å². The van der Waals surface area contributed by atoms with Crippen molar-refractivity contribution in [1.29, 1.82) is 0 Å². The highest BCUT2D eigenvalue weighted by atomic mass is 32.3. The van der Waals surface area contributed by atoms with Gasteiger partial charge in [-0.25, -0.2) is 4.79 Å². The van der Waals surface area contributed by atoms with Crippen molar-refractivity contribution in [2.45, 2.75) is 135 Å². The highest BCUT2D eigenvalue weighted by Gasteiger charge is 2.44. The van der Waals surface area contributed by atoms with Crippen molar-refractivity contribution in [3.05, 3.63) is 116 Å². The molecule has 252 valence electrons. The van der Waals surface area contributed by atoms with Gasteiger partial charge in [0.2, 0.25) is 0 Å². The second kappa shape index (κ2) is 16.1. The summed E-state index contributed by atoms with van der Waals surface area (Å²) in [5, 5.41) is 11.0. The van der Waals surface area contributed by atoms with Crippen LogP contribution in [0.5, 0.6) is 5.75 Å². The average molecular weight is 653 g/mol. The lowest BCUT2D eigenvalue weighted by Gasteiger charge is -2.46. The molecular weight excluding hydrogens is 597 g/mol. The molecule has 0 unspecified atom stereocenters. The Kier molecular flexibility index (Phi) is 12.4. The fraction of sp³-hybridized carbons (Fsp3) is 0.419. The maximum Gasteiger partial charge on any atom is 0.353 e. The smallest absolute Gasteiger partial charge is 0.353 e. The van der Waals surface area contributed by atoms with E-state index in [1.807, 2.05) is 0 Å². The van der Waals surface area contributed by atoms with Crippen molar-refractivity contribution in [2.75, 3.05) is 0 Å². The predicted molar refractivity (Wildman–Crippen MR) is 200 cm³/mol. The van der Waals surface area contributed by atoms with Crippen LogP contribution in [-0.2, 0) is 62.0 Å². The van der Waals surface area contributed by atoms with Gasteiger partial charge in [0.25, 0.3) is 0 Å². The summed E-state index contributed by atoms with van der Waals surface area (Å²) in [5.41, 5.74) is 11.6. The van der Waals surface area contributed by atoms with Crippen LogP contribution in [0, 0.1) is 0 Å². The second-order valence-corrected chi connectivity index (χ2v) is 14.9. The molecule has 4 rings (SSSR count). The molecule has 0 aliphatic carbocycles. The fourth-order valence-electron chi connectivity index (χ4n) is 7.01. The van der Waals surface area contributed by atoms with E-state index >= 15 is 0 Å². The fourth-order valence-corrected chi connectivity index (χ4v) is 11.6. The Morgan fingerprint density at radius 1 is 0.511 bits per heavy atom. The third-order valence-electron chi connectivity index (χ3n) is 9.60. The van der Waals surface area contributed by atoms with Crippen molar-refractivity contribution in [1.82, 2.24) is 0 Å². The van der Waals surface area contributed by atoms with E-state index in [9.17, 15) is 9.90 Å². The minimum Gasteiger partial charge on any atom is -0.507 e. The van der Waals surface area contributed by atoms with Gasteiger partial charge in [0, 0.05) is 14.7 Å². The zero-order valence-corrected chi connectivity index (χ0v) is 31.1. The van der Waals surface area contributed by atoms with Crippen LogP contribution in [0.15, 0.2) is 75.4 Å². The molecule has 3 nitrogen and oxygen atoms in total. The van der Waals surface area contributed by atoms with Crippen molar-refractivity contribution >= 4 is 16.3 Å². The molecule has 0 bridgehead atoms. The predicted octanol–water partition coefficient (Wildman–Crippen LogP) is 11.5. The van der Waals surface area contributed by atoms with E-state index in [2.05, 4.69) is 98.7 Å². The summed E-state index contributed by atoms with van der Waals surface area (Å²) in [6, 6.07) is 21.0. The average Bonchev–Trinajstić information content (AvgIpc) is 3.12. The molecule has 0 aliphatic rings. The Hall–Kier alpha value is -3.50. The number of rotatable bonds is 14. The Balaban J connectivity index is 2.41. The molecule has 0 saturated heterocycles. The molecule has 0 spiro atoms. The summed E-state index contributed by atoms with van der Waals surface area (Å²) in [5.74, 6) is -0.534. The largest absolute Gasteiger partial charge is 0.507 e. The van der Waals surface area contributed by atoms with E-state index in [1.165, 1.54) is 64.8 Å².